The molecule has 0 fully saturated rings. The van der Waals surface area contributed by atoms with Gasteiger partial charge in [0.25, 0.3) is 0 Å². The maximum atomic E-state index is 13.0. The SMILES string of the molecule is O=C1C[C@H](C(=O)NCc2ccc(Oc3ccc(F)cc3)cc2)c2ccccc2N1. The van der Waals surface area contributed by atoms with Gasteiger partial charge in [-0.3, -0.25) is 9.59 Å². The average molecular weight is 390 g/mol. The van der Waals surface area contributed by atoms with Crippen molar-refractivity contribution in [2.75, 3.05) is 5.32 Å². The number of carbonyl (C=O) groups excluding carboxylic acids is 2. The number of ether oxygens (including phenoxy) is 1. The van der Waals surface area contributed by atoms with Crippen molar-refractivity contribution >= 4 is 17.5 Å². The van der Waals surface area contributed by atoms with Crippen LogP contribution in [0.25, 0.3) is 0 Å². The molecule has 0 spiro atoms. The monoisotopic (exact) mass is 390 g/mol. The second-order valence-corrected chi connectivity index (χ2v) is 6.81. The van der Waals surface area contributed by atoms with Gasteiger partial charge >= 0.3 is 0 Å². The summed E-state index contributed by atoms with van der Waals surface area (Å²) in [4.78, 5) is 24.6. The second-order valence-electron chi connectivity index (χ2n) is 6.81. The van der Waals surface area contributed by atoms with E-state index >= 15 is 0 Å². The highest BCUT2D eigenvalue weighted by molar-refractivity contribution is 6.01. The second kappa shape index (κ2) is 8.14. The molecule has 0 saturated heterocycles. The number of amides is 2. The third-order valence-corrected chi connectivity index (χ3v) is 4.76. The van der Waals surface area contributed by atoms with Crippen LogP contribution in [0.3, 0.4) is 0 Å². The van der Waals surface area contributed by atoms with Crippen LogP contribution in [0.2, 0.25) is 0 Å². The summed E-state index contributed by atoms with van der Waals surface area (Å²) in [6, 6.07) is 20.4. The van der Waals surface area contributed by atoms with Crippen molar-refractivity contribution in [3.05, 3.63) is 89.7 Å². The molecule has 0 radical (unpaired) electrons. The fourth-order valence-corrected chi connectivity index (χ4v) is 3.27. The fraction of sp³-hybridized carbons (Fsp3) is 0.130. The Morgan fingerprint density at radius 1 is 1.00 bits per heavy atom. The molecular formula is C23H19FN2O3. The molecule has 0 bridgehead atoms. The number of anilines is 1. The molecule has 1 heterocycles. The Labute approximate surface area is 167 Å². The Kier molecular flexibility index (Phi) is 5.24. The smallest absolute Gasteiger partial charge is 0.228 e. The molecule has 0 unspecified atom stereocenters. The van der Waals surface area contributed by atoms with E-state index in [1.165, 1.54) is 12.1 Å². The lowest BCUT2D eigenvalue weighted by Gasteiger charge is -2.24. The first-order chi connectivity index (χ1) is 14.1. The minimum atomic E-state index is -0.499. The van der Waals surface area contributed by atoms with Crippen molar-refractivity contribution < 1.29 is 18.7 Å². The number of para-hydroxylation sites is 1. The largest absolute Gasteiger partial charge is 0.457 e. The lowest BCUT2D eigenvalue weighted by molar-refractivity contribution is -0.126. The molecule has 2 N–H and O–H groups in total. The number of fused-ring (bicyclic) bond motifs is 1. The van der Waals surface area contributed by atoms with E-state index in [0.717, 1.165) is 11.1 Å². The zero-order valence-electron chi connectivity index (χ0n) is 15.5. The Morgan fingerprint density at radius 3 is 2.38 bits per heavy atom. The van der Waals surface area contributed by atoms with Gasteiger partial charge in [0.1, 0.15) is 17.3 Å². The van der Waals surface area contributed by atoms with Gasteiger partial charge in [-0.1, -0.05) is 30.3 Å². The molecule has 1 atom stereocenters. The summed E-state index contributed by atoms with van der Waals surface area (Å²) >= 11 is 0. The molecule has 3 aromatic rings. The standard InChI is InChI=1S/C23H19FN2O3/c24-16-7-11-18(12-8-16)29-17-9-5-15(6-10-17)14-25-23(28)20-13-22(27)26-21-4-2-1-3-19(20)21/h1-12,20H,13-14H2,(H,25,28)(H,26,27)/t20-/m0/s1. The minimum Gasteiger partial charge on any atom is -0.457 e. The third kappa shape index (κ3) is 4.43. The highest BCUT2D eigenvalue weighted by Crippen LogP contribution is 2.32. The van der Waals surface area contributed by atoms with Crippen LogP contribution in [0.5, 0.6) is 11.5 Å². The van der Waals surface area contributed by atoms with E-state index in [1.54, 1.807) is 30.3 Å². The van der Waals surface area contributed by atoms with Gasteiger partial charge in [0, 0.05) is 18.7 Å². The molecule has 0 saturated carbocycles. The molecule has 4 rings (SSSR count). The predicted molar refractivity (Wildman–Crippen MR) is 107 cm³/mol. The molecule has 5 nitrogen and oxygen atoms in total. The van der Waals surface area contributed by atoms with Crippen LogP contribution < -0.4 is 15.4 Å². The third-order valence-electron chi connectivity index (χ3n) is 4.76. The number of carbonyl (C=O) groups is 2. The predicted octanol–water partition coefficient (Wildman–Crippen LogP) is 4.36. The lowest BCUT2D eigenvalue weighted by atomic mass is 9.90. The van der Waals surface area contributed by atoms with Crippen molar-refractivity contribution in [2.45, 2.75) is 18.9 Å². The van der Waals surface area contributed by atoms with Crippen LogP contribution >= 0.6 is 0 Å². The molecule has 2 amide bonds. The summed E-state index contributed by atoms with van der Waals surface area (Å²) in [5.74, 6) is -0.00103. The van der Waals surface area contributed by atoms with Crippen LogP contribution in [0.4, 0.5) is 10.1 Å². The summed E-state index contributed by atoms with van der Waals surface area (Å²) in [5.41, 5.74) is 2.41. The van der Waals surface area contributed by atoms with E-state index in [1.807, 2.05) is 30.3 Å². The molecule has 29 heavy (non-hydrogen) atoms. The molecule has 146 valence electrons. The van der Waals surface area contributed by atoms with Crippen molar-refractivity contribution in [3.63, 3.8) is 0 Å². The molecule has 3 aromatic carbocycles. The number of hydrogen-bond acceptors (Lipinski definition) is 3. The first-order valence-electron chi connectivity index (χ1n) is 9.27. The highest BCUT2D eigenvalue weighted by Gasteiger charge is 2.30. The zero-order chi connectivity index (χ0) is 20.2. The topological polar surface area (TPSA) is 67.4 Å². The Morgan fingerprint density at radius 2 is 1.66 bits per heavy atom. The number of benzene rings is 3. The van der Waals surface area contributed by atoms with Crippen molar-refractivity contribution in [2.24, 2.45) is 0 Å². The van der Waals surface area contributed by atoms with Crippen molar-refractivity contribution in [3.8, 4) is 11.5 Å². The van der Waals surface area contributed by atoms with E-state index in [-0.39, 0.29) is 24.1 Å². The van der Waals surface area contributed by atoms with Crippen molar-refractivity contribution in [1.82, 2.24) is 5.32 Å². The normalized spacial score (nSPS) is 15.2. The van der Waals surface area contributed by atoms with E-state index in [0.29, 0.717) is 23.7 Å². The van der Waals surface area contributed by atoms with Gasteiger partial charge in [0.05, 0.1) is 5.92 Å². The number of nitrogens with one attached hydrogen (secondary N) is 2. The molecule has 1 aliphatic rings. The minimum absolute atomic E-state index is 0.132. The first kappa shape index (κ1) is 18.7. The number of hydrogen-bond donors (Lipinski definition) is 2. The summed E-state index contributed by atoms with van der Waals surface area (Å²) in [5, 5.41) is 5.70. The summed E-state index contributed by atoms with van der Waals surface area (Å²) in [6.07, 6.45) is 0.132. The highest BCUT2D eigenvalue weighted by atomic mass is 19.1. The molecule has 1 aliphatic heterocycles. The molecule has 6 heteroatoms. The van der Waals surface area contributed by atoms with Gasteiger partial charge in [-0.05, 0) is 53.6 Å². The van der Waals surface area contributed by atoms with E-state index in [4.69, 9.17) is 4.74 Å². The van der Waals surface area contributed by atoms with Crippen LogP contribution in [-0.2, 0) is 16.1 Å². The van der Waals surface area contributed by atoms with Gasteiger partial charge in [-0.25, -0.2) is 4.39 Å². The number of halogens is 1. The summed E-state index contributed by atoms with van der Waals surface area (Å²) < 4.78 is 18.6. The molecular weight excluding hydrogens is 371 g/mol. The summed E-state index contributed by atoms with van der Waals surface area (Å²) in [7, 11) is 0. The maximum Gasteiger partial charge on any atom is 0.228 e. The lowest BCUT2D eigenvalue weighted by Crippen LogP contribution is -2.34. The Bertz CT molecular complexity index is 1030. The van der Waals surface area contributed by atoms with Crippen LogP contribution in [0, 0.1) is 5.82 Å². The van der Waals surface area contributed by atoms with Gasteiger partial charge in [-0.15, -0.1) is 0 Å². The quantitative estimate of drug-likeness (QED) is 0.680. The van der Waals surface area contributed by atoms with Crippen LogP contribution in [0.1, 0.15) is 23.5 Å². The van der Waals surface area contributed by atoms with E-state index in [2.05, 4.69) is 10.6 Å². The first-order valence-corrected chi connectivity index (χ1v) is 9.27. The van der Waals surface area contributed by atoms with E-state index < -0.39 is 5.92 Å². The maximum absolute atomic E-state index is 13.0. The Hall–Kier alpha value is -3.67. The van der Waals surface area contributed by atoms with E-state index in [9.17, 15) is 14.0 Å². The molecule has 0 aromatic heterocycles. The van der Waals surface area contributed by atoms with Gasteiger partial charge in [-0.2, -0.15) is 0 Å². The van der Waals surface area contributed by atoms with Crippen molar-refractivity contribution in [1.29, 1.82) is 0 Å². The van der Waals surface area contributed by atoms with Crippen LogP contribution in [-0.4, -0.2) is 11.8 Å². The fourth-order valence-electron chi connectivity index (χ4n) is 3.27. The average Bonchev–Trinajstić information content (AvgIpc) is 2.74. The number of rotatable bonds is 5. The van der Waals surface area contributed by atoms with Gasteiger partial charge in [0.15, 0.2) is 0 Å². The zero-order valence-corrected chi connectivity index (χ0v) is 15.5. The summed E-state index contributed by atoms with van der Waals surface area (Å²) in [6.45, 7) is 0.343. The Balaban J connectivity index is 1.37. The van der Waals surface area contributed by atoms with Crippen LogP contribution in [0.15, 0.2) is 72.8 Å². The molecule has 0 aliphatic carbocycles. The van der Waals surface area contributed by atoms with Gasteiger partial charge < -0.3 is 15.4 Å². The van der Waals surface area contributed by atoms with Gasteiger partial charge in [0.2, 0.25) is 11.8 Å².